The SMILES string of the molecule is CC(C)(C)CN1CCC(c2nnc(-c3ccco3)o2)C1. The van der Waals surface area contributed by atoms with Gasteiger partial charge in [-0.1, -0.05) is 20.8 Å². The van der Waals surface area contributed by atoms with Crippen LogP contribution in [0.25, 0.3) is 11.7 Å². The Balaban J connectivity index is 1.66. The van der Waals surface area contributed by atoms with Crippen LogP contribution in [0.3, 0.4) is 0 Å². The van der Waals surface area contributed by atoms with Crippen LogP contribution in [-0.2, 0) is 0 Å². The van der Waals surface area contributed by atoms with E-state index in [1.807, 2.05) is 12.1 Å². The first kappa shape index (κ1) is 13.4. The largest absolute Gasteiger partial charge is 0.459 e. The van der Waals surface area contributed by atoms with E-state index in [1.54, 1.807) is 6.26 Å². The molecule has 0 aliphatic carbocycles. The number of nitrogens with zero attached hydrogens (tertiary/aromatic N) is 3. The Morgan fingerprint density at radius 1 is 1.35 bits per heavy atom. The fourth-order valence-electron chi connectivity index (χ4n) is 2.75. The molecular weight excluding hydrogens is 254 g/mol. The molecule has 5 nitrogen and oxygen atoms in total. The molecule has 0 amide bonds. The highest BCUT2D eigenvalue weighted by Gasteiger charge is 2.30. The molecule has 1 aliphatic rings. The molecule has 5 heteroatoms. The molecule has 1 unspecified atom stereocenters. The van der Waals surface area contributed by atoms with Crippen LogP contribution >= 0.6 is 0 Å². The van der Waals surface area contributed by atoms with Crippen molar-refractivity contribution in [2.45, 2.75) is 33.1 Å². The fraction of sp³-hybridized carbons (Fsp3) is 0.600. The van der Waals surface area contributed by atoms with Gasteiger partial charge in [-0.15, -0.1) is 10.2 Å². The number of aromatic nitrogens is 2. The van der Waals surface area contributed by atoms with E-state index in [9.17, 15) is 0 Å². The molecule has 1 atom stereocenters. The van der Waals surface area contributed by atoms with Crippen LogP contribution in [0.15, 0.2) is 27.2 Å². The third-order valence-electron chi connectivity index (χ3n) is 3.49. The van der Waals surface area contributed by atoms with E-state index >= 15 is 0 Å². The molecule has 0 radical (unpaired) electrons. The van der Waals surface area contributed by atoms with Crippen molar-refractivity contribution in [2.75, 3.05) is 19.6 Å². The number of hydrogen-bond acceptors (Lipinski definition) is 5. The van der Waals surface area contributed by atoms with Gasteiger partial charge in [0.2, 0.25) is 5.89 Å². The molecule has 1 saturated heterocycles. The second kappa shape index (κ2) is 5.05. The van der Waals surface area contributed by atoms with Gasteiger partial charge in [-0.3, -0.25) is 0 Å². The summed E-state index contributed by atoms with van der Waals surface area (Å²) < 4.78 is 11.0. The number of hydrogen-bond donors (Lipinski definition) is 0. The Morgan fingerprint density at radius 2 is 2.20 bits per heavy atom. The summed E-state index contributed by atoms with van der Waals surface area (Å²) in [5.74, 6) is 2.17. The van der Waals surface area contributed by atoms with E-state index in [0.717, 1.165) is 31.9 Å². The van der Waals surface area contributed by atoms with Crippen molar-refractivity contribution in [1.29, 1.82) is 0 Å². The van der Waals surface area contributed by atoms with Gasteiger partial charge in [0, 0.05) is 13.1 Å². The average Bonchev–Trinajstić information content (AvgIpc) is 3.07. The molecule has 0 N–H and O–H groups in total. The normalized spacial score (nSPS) is 20.6. The van der Waals surface area contributed by atoms with E-state index in [2.05, 4.69) is 35.9 Å². The van der Waals surface area contributed by atoms with E-state index in [0.29, 0.717) is 23.0 Å². The lowest BCUT2D eigenvalue weighted by atomic mass is 9.96. The molecule has 2 aromatic rings. The summed E-state index contributed by atoms with van der Waals surface area (Å²) in [7, 11) is 0. The molecular formula is C15H21N3O2. The van der Waals surface area contributed by atoms with Gasteiger partial charge in [-0.05, 0) is 30.5 Å². The fourth-order valence-corrected chi connectivity index (χ4v) is 2.75. The number of likely N-dealkylation sites (tertiary alicyclic amines) is 1. The lowest BCUT2D eigenvalue weighted by molar-refractivity contribution is 0.223. The topological polar surface area (TPSA) is 55.3 Å². The maximum Gasteiger partial charge on any atom is 0.283 e. The van der Waals surface area contributed by atoms with Crippen molar-refractivity contribution in [3.05, 3.63) is 24.3 Å². The van der Waals surface area contributed by atoms with E-state index < -0.39 is 0 Å². The Hall–Kier alpha value is -1.62. The van der Waals surface area contributed by atoms with Crippen LogP contribution < -0.4 is 0 Å². The zero-order valence-electron chi connectivity index (χ0n) is 12.3. The molecule has 0 saturated carbocycles. The molecule has 3 rings (SSSR count). The van der Waals surface area contributed by atoms with Gasteiger partial charge in [0.25, 0.3) is 5.89 Å². The first-order chi connectivity index (χ1) is 9.51. The number of furan rings is 1. The Kier molecular flexibility index (Phi) is 3.38. The third kappa shape index (κ3) is 2.93. The van der Waals surface area contributed by atoms with Gasteiger partial charge < -0.3 is 13.7 Å². The summed E-state index contributed by atoms with van der Waals surface area (Å²) in [6, 6.07) is 3.65. The summed E-state index contributed by atoms with van der Waals surface area (Å²) in [5.41, 5.74) is 0.322. The lowest BCUT2D eigenvalue weighted by Gasteiger charge is -2.25. The van der Waals surface area contributed by atoms with Gasteiger partial charge in [-0.25, -0.2) is 0 Å². The first-order valence-electron chi connectivity index (χ1n) is 7.11. The van der Waals surface area contributed by atoms with Crippen LogP contribution in [0.2, 0.25) is 0 Å². The maximum absolute atomic E-state index is 5.75. The zero-order chi connectivity index (χ0) is 14.2. The molecule has 0 aromatic carbocycles. The predicted octanol–water partition coefficient (Wildman–Crippen LogP) is 3.17. The zero-order valence-corrected chi connectivity index (χ0v) is 12.3. The smallest absolute Gasteiger partial charge is 0.283 e. The monoisotopic (exact) mass is 275 g/mol. The Morgan fingerprint density at radius 3 is 2.90 bits per heavy atom. The molecule has 2 aromatic heterocycles. The second-order valence-electron chi connectivity index (χ2n) is 6.70. The quantitative estimate of drug-likeness (QED) is 0.861. The van der Waals surface area contributed by atoms with Gasteiger partial charge in [-0.2, -0.15) is 0 Å². The standard InChI is InChI=1S/C15H21N3O2/c1-15(2,3)10-18-7-6-11(9-18)13-16-17-14(20-13)12-5-4-8-19-12/h4-5,8,11H,6-7,9-10H2,1-3H3. The van der Waals surface area contributed by atoms with Crippen molar-refractivity contribution in [1.82, 2.24) is 15.1 Å². The molecule has 108 valence electrons. The van der Waals surface area contributed by atoms with Gasteiger partial charge in [0.1, 0.15) is 0 Å². The highest BCUT2D eigenvalue weighted by Crippen LogP contribution is 2.30. The Labute approximate surface area is 119 Å². The summed E-state index contributed by atoms with van der Waals surface area (Å²) in [4.78, 5) is 2.47. The lowest BCUT2D eigenvalue weighted by Crippen LogP contribution is -2.30. The van der Waals surface area contributed by atoms with Crippen LogP contribution in [0.4, 0.5) is 0 Å². The average molecular weight is 275 g/mol. The molecule has 1 aliphatic heterocycles. The molecule has 20 heavy (non-hydrogen) atoms. The summed E-state index contributed by atoms with van der Waals surface area (Å²) >= 11 is 0. The summed E-state index contributed by atoms with van der Waals surface area (Å²) in [6.07, 6.45) is 2.69. The van der Waals surface area contributed by atoms with Crippen molar-refractivity contribution in [3.63, 3.8) is 0 Å². The minimum Gasteiger partial charge on any atom is -0.459 e. The van der Waals surface area contributed by atoms with Crippen molar-refractivity contribution < 1.29 is 8.83 Å². The van der Waals surface area contributed by atoms with Crippen LogP contribution in [0.5, 0.6) is 0 Å². The summed E-state index contributed by atoms with van der Waals surface area (Å²) in [5, 5.41) is 8.26. The molecule has 3 heterocycles. The van der Waals surface area contributed by atoms with E-state index in [4.69, 9.17) is 8.83 Å². The minimum absolute atomic E-state index is 0.322. The predicted molar refractivity (Wildman–Crippen MR) is 75.3 cm³/mol. The van der Waals surface area contributed by atoms with Crippen LogP contribution in [0.1, 0.15) is 39.0 Å². The van der Waals surface area contributed by atoms with Crippen molar-refractivity contribution in [3.8, 4) is 11.7 Å². The van der Waals surface area contributed by atoms with Crippen molar-refractivity contribution >= 4 is 0 Å². The Bertz CT molecular complexity index is 554. The van der Waals surface area contributed by atoms with Crippen LogP contribution in [-0.4, -0.2) is 34.7 Å². The van der Waals surface area contributed by atoms with Gasteiger partial charge in [0.05, 0.1) is 12.2 Å². The van der Waals surface area contributed by atoms with Gasteiger partial charge >= 0.3 is 0 Å². The molecule has 0 bridgehead atoms. The van der Waals surface area contributed by atoms with Crippen molar-refractivity contribution in [2.24, 2.45) is 5.41 Å². The number of rotatable bonds is 3. The third-order valence-corrected chi connectivity index (χ3v) is 3.49. The highest BCUT2D eigenvalue weighted by atomic mass is 16.4. The van der Waals surface area contributed by atoms with E-state index in [1.165, 1.54) is 0 Å². The second-order valence-corrected chi connectivity index (χ2v) is 6.70. The van der Waals surface area contributed by atoms with E-state index in [-0.39, 0.29) is 0 Å². The maximum atomic E-state index is 5.75. The van der Waals surface area contributed by atoms with Gasteiger partial charge in [0.15, 0.2) is 5.76 Å². The summed E-state index contributed by atoms with van der Waals surface area (Å²) in [6.45, 7) is 9.99. The molecule has 0 spiro atoms. The minimum atomic E-state index is 0.322. The van der Waals surface area contributed by atoms with Crippen LogP contribution in [0, 0.1) is 5.41 Å². The highest BCUT2D eigenvalue weighted by molar-refractivity contribution is 5.42. The first-order valence-corrected chi connectivity index (χ1v) is 7.11. The molecule has 1 fully saturated rings.